The third-order valence-corrected chi connectivity index (χ3v) is 6.09. The highest BCUT2D eigenvalue weighted by molar-refractivity contribution is 5.95. The third kappa shape index (κ3) is 7.17. The number of aromatic nitrogens is 2. The SMILES string of the molecule is CC(=O)c1ccc([C@H](C)N(CC(N)=O)Cc2cc(C(=O)NCc3ccc(F)c(C)c3)nc(N)n2)cc1C. The van der Waals surface area contributed by atoms with Gasteiger partial charge in [-0.1, -0.05) is 30.3 Å². The zero-order valence-electron chi connectivity index (χ0n) is 21.3. The molecule has 2 amide bonds. The van der Waals surface area contributed by atoms with Crippen LogP contribution in [0.4, 0.5) is 10.3 Å². The van der Waals surface area contributed by atoms with Crippen molar-refractivity contribution in [3.8, 4) is 0 Å². The van der Waals surface area contributed by atoms with Crippen molar-refractivity contribution in [1.29, 1.82) is 0 Å². The minimum atomic E-state index is -0.529. The van der Waals surface area contributed by atoms with Gasteiger partial charge in [0.15, 0.2) is 5.78 Å². The van der Waals surface area contributed by atoms with Crippen molar-refractivity contribution in [2.75, 3.05) is 12.3 Å². The predicted octanol–water partition coefficient (Wildman–Crippen LogP) is 3.00. The lowest BCUT2D eigenvalue weighted by molar-refractivity contribution is -0.119. The quantitative estimate of drug-likeness (QED) is 0.359. The smallest absolute Gasteiger partial charge is 0.270 e. The molecule has 0 unspecified atom stereocenters. The van der Waals surface area contributed by atoms with Crippen molar-refractivity contribution in [3.05, 3.63) is 87.5 Å². The first-order chi connectivity index (χ1) is 17.4. The van der Waals surface area contributed by atoms with Gasteiger partial charge in [0.1, 0.15) is 11.5 Å². The van der Waals surface area contributed by atoms with Gasteiger partial charge in [-0.05, 0) is 62.1 Å². The highest BCUT2D eigenvalue weighted by Gasteiger charge is 2.21. The monoisotopic (exact) mass is 506 g/mol. The lowest BCUT2D eigenvalue weighted by Crippen LogP contribution is -2.36. The second kappa shape index (κ2) is 11.7. The Morgan fingerprint density at radius 1 is 1.05 bits per heavy atom. The van der Waals surface area contributed by atoms with Gasteiger partial charge in [0, 0.05) is 24.7 Å². The molecule has 0 bridgehead atoms. The van der Waals surface area contributed by atoms with E-state index in [-0.39, 0.29) is 48.9 Å². The highest BCUT2D eigenvalue weighted by atomic mass is 19.1. The number of amides is 2. The van der Waals surface area contributed by atoms with Crippen molar-refractivity contribution in [3.63, 3.8) is 0 Å². The molecule has 194 valence electrons. The molecule has 3 aromatic rings. The molecule has 1 heterocycles. The molecular weight excluding hydrogens is 475 g/mol. The minimum Gasteiger partial charge on any atom is -0.369 e. The molecule has 0 aliphatic rings. The number of primary amides is 1. The number of nitrogens with two attached hydrogens (primary N) is 2. The number of halogens is 1. The molecule has 0 fully saturated rings. The van der Waals surface area contributed by atoms with E-state index in [1.54, 1.807) is 30.0 Å². The summed E-state index contributed by atoms with van der Waals surface area (Å²) in [6, 6.07) is 11.3. The molecular formula is C27H31FN6O3. The third-order valence-electron chi connectivity index (χ3n) is 6.09. The molecule has 0 radical (unpaired) electrons. The Hall–Kier alpha value is -4.18. The van der Waals surface area contributed by atoms with Crippen LogP contribution in [-0.4, -0.2) is 39.0 Å². The Kier molecular flexibility index (Phi) is 8.67. The van der Waals surface area contributed by atoms with Gasteiger partial charge in [-0.15, -0.1) is 0 Å². The van der Waals surface area contributed by atoms with Crippen molar-refractivity contribution < 1.29 is 18.8 Å². The number of aryl methyl sites for hydroxylation is 2. The fourth-order valence-electron chi connectivity index (χ4n) is 4.10. The summed E-state index contributed by atoms with van der Waals surface area (Å²) < 4.78 is 13.5. The average Bonchev–Trinajstić information content (AvgIpc) is 2.82. The van der Waals surface area contributed by atoms with E-state index in [1.165, 1.54) is 19.1 Å². The first-order valence-corrected chi connectivity index (χ1v) is 11.7. The Morgan fingerprint density at radius 2 is 1.78 bits per heavy atom. The van der Waals surface area contributed by atoms with Gasteiger partial charge in [0.05, 0.1) is 12.2 Å². The zero-order chi connectivity index (χ0) is 27.3. The number of nitrogens with one attached hydrogen (secondary N) is 1. The van der Waals surface area contributed by atoms with Crippen LogP contribution in [0.1, 0.15) is 68.7 Å². The van der Waals surface area contributed by atoms with E-state index in [4.69, 9.17) is 11.5 Å². The molecule has 3 rings (SSSR count). The highest BCUT2D eigenvalue weighted by Crippen LogP contribution is 2.24. The summed E-state index contributed by atoms with van der Waals surface area (Å²) in [5.41, 5.74) is 15.5. The van der Waals surface area contributed by atoms with E-state index < -0.39 is 11.8 Å². The maximum atomic E-state index is 13.5. The van der Waals surface area contributed by atoms with Crippen molar-refractivity contribution in [2.24, 2.45) is 5.73 Å². The molecule has 0 saturated carbocycles. The number of Topliss-reactive ketones (excluding diaryl/α,β-unsaturated/α-hetero) is 1. The summed E-state index contributed by atoms with van der Waals surface area (Å²) >= 11 is 0. The maximum absolute atomic E-state index is 13.5. The van der Waals surface area contributed by atoms with Crippen LogP contribution in [0.15, 0.2) is 42.5 Å². The van der Waals surface area contributed by atoms with Gasteiger partial charge in [0.25, 0.3) is 5.91 Å². The summed E-state index contributed by atoms with van der Waals surface area (Å²) in [4.78, 5) is 46.5. The average molecular weight is 507 g/mol. The number of carbonyl (C=O) groups excluding carboxylic acids is 3. The van der Waals surface area contributed by atoms with Crippen LogP contribution in [-0.2, 0) is 17.9 Å². The van der Waals surface area contributed by atoms with Crippen LogP contribution in [0, 0.1) is 19.7 Å². The number of carbonyl (C=O) groups is 3. The van der Waals surface area contributed by atoms with Crippen LogP contribution in [0.25, 0.3) is 0 Å². The lowest BCUT2D eigenvalue weighted by Gasteiger charge is -2.28. The van der Waals surface area contributed by atoms with Gasteiger partial charge in [-0.25, -0.2) is 14.4 Å². The van der Waals surface area contributed by atoms with Crippen LogP contribution in [0.2, 0.25) is 0 Å². The predicted molar refractivity (Wildman–Crippen MR) is 138 cm³/mol. The molecule has 9 nitrogen and oxygen atoms in total. The number of anilines is 1. The number of benzene rings is 2. The number of ketones is 1. The van der Waals surface area contributed by atoms with E-state index in [1.807, 2.05) is 26.0 Å². The zero-order valence-corrected chi connectivity index (χ0v) is 21.3. The van der Waals surface area contributed by atoms with E-state index in [0.29, 0.717) is 16.8 Å². The summed E-state index contributed by atoms with van der Waals surface area (Å²) in [5, 5.41) is 2.75. The largest absolute Gasteiger partial charge is 0.369 e. The lowest BCUT2D eigenvalue weighted by atomic mass is 9.98. The van der Waals surface area contributed by atoms with Gasteiger partial charge < -0.3 is 16.8 Å². The molecule has 1 atom stereocenters. The molecule has 0 aliphatic carbocycles. The molecule has 5 N–H and O–H groups in total. The second-order valence-corrected chi connectivity index (χ2v) is 9.05. The molecule has 0 aliphatic heterocycles. The Morgan fingerprint density at radius 3 is 2.41 bits per heavy atom. The normalized spacial score (nSPS) is 11.8. The molecule has 10 heteroatoms. The van der Waals surface area contributed by atoms with Crippen molar-refractivity contribution in [1.82, 2.24) is 20.2 Å². The van der Waals surface area contributed by atoms with E-state index in [0.717, 1.165) is 16.7 Å². The number of nitrogens with zero attached hydrogens (tertiary/aromatic N) is 3. The van der Waals surface area contributed by atoms with Crippen LogP contribution in [0.3, 0.4) is 0 Å². The topological polar surface area (TPSA) is 144 Å². The van der Waals surface area contributed by atoms with Crippen LogP contribution in [0.5, 0.6) is 0 Å². The standard InChI is InChI=1S/C27H31FN6O3/c1-15-10-20(6-7-22(15)18(4)35)17(3)34(14-25(29)36)13-21-11-24(33-27(30)32-21)26(37)31-12-19-5-8-23(28)16(2)9-19/h5-11,17H,12-14H2,1-4H3,(H2,29,36)(H,31,37)(H2,30,32,33)/t17-/m0/s1. The maximum Gasteiger partial charge on any atom is 0.270 e. The fraction of sp³-hybridized carbons (Fsp3) is 0.296. The van der Waals surface area contributed by atoms with Crippen molar-refractivity contribution >= 4 is 23.5 Å². The Bertz CT molecular complexity index is 1340. The van der Waals surface area contributed by atoms with Gasteiger partial charge in [0.2, 0.25) is 11.9 Å². The first kappa shape index (κ1) is 27.4. The molecule has 0 saturated heterocycles. The molecule has 1 aromatic heterocycles. The molecule has 37 heavy (non-hydrogen) atoms. The summed E-state index contributed by atoms with van der Waals surface area (Å²) in [6.07, 6.45) is 0. The first-order valence-electron chi connectivity index (χ1n) is 11.7. The number of rotatable bonds is 10. The summed E-state index contributed by atoms with van der Waals surface area (Å²) in [5.74, 6) is -1.43. The van der Waals surface area contributed by atoms with Crippen LogP contribution < -0.4 is 16.8 Å². The Labute approximate surface area is 215 Å². The second-order valence-electron chi connectivity index (χ2n) is 9.05. The summed E-state index contributed by atoms with van der Waals surface area (Å²) in [7, 11) is 0. The number of nitrogen functional groups attached to an aromatic ring is 1. The van der Waals surface area contributed by atoms with Crippen LogP contribution >= 0.6 is 0 Å². The van der Waals surface area contributed by atoms with Crippen molar-refractivity contribution in [2.45, 2.75) is 46.8 Å². The Balaban J connectivity index is 1.80. The van der Waals surface area contributed by atoms with Gasteiger partial charge in [-0.2, -0.15) is 0 Å². The minimum absolute atomic E-state index is 0.0254. The van der Waals surface area contributed by atoms with E-state index >= 15 is 0 Å². The van der Waals surface area contributed by atoms with E-state index in [2.05, 4.69) is 15.3 Å². The van der Waals surface area contributed by atoms with Gasteiger partial charge >= 0.3 is 0 Å². The fourth-order valence-corrected chi connectivity index (χ4v) is 4.10. The molecule has 2 aromatic carbocycles. The molecule has 0 spiro atoms. The summed E-state index contributed by atoms with van der Waals surface area (Å²) in [6.45, 7) is 7.21. The van der Waals surface area contributed by atoms with E-state index in [9.17, 15) is 18.8 Å². The van der Waals surface area contributed by atoms with Gasteiger partial charge in [-0.3, -0.25) is 19.3 Å². The number of hydrogen-bond acceptors (Lipinski definition) is 7. The number of hydrogen-bond donors (Lipinski definition) is 3.